The van der Waals surface area contributed by atoms with Crippen molar-refractivity contribution in [1.29, 1.82) is 0 Å². The molecule has 2 aromatic carbocycles. The highest BCUT2D eigenvalue weighted by molar-refractivity contribution is 7.07. The van der Waals surface area contributed by atoms with Crippen LogP contribution in [-0.4, -0.2) is 34.7 Å². The third-order valence-electron chi connectivity index (χ3n) is 6.40. The molecule has 4 rings (SSSR count). The molecule has 0 spiro atoms. The number of nitro benzene ring substituents is 1. The predicted molar refractivity (Wildman–Crippen MR) is 153 cm³/mol. The summed E-state index contributed by atoms with van der Waals surface area (Å²) in [6.07, 6.45) is 1.28. The number of anilines is 1. The van der Waals surface area contributed by atoms with Crippen LogP contribution in [0.2, 0.25) is 5.02 Å². The van der Waals surface area contributed by atoms with Crippen molar-refractivity contribution in [2.24, 2.45) is 4.99 Å². The summed E-state index contributed by atoms with van der Waals surface area (Å²) in [6.45, 7) is 10.6. The molecular formula is C28H29ClN4O5S. The third-order valence-corrected chi connectivity index (χ3v) is 7.72. The Morgan fingerprint density at radius 3 is 2.56 bits per heavy atom. The van der Waals surface area contributed by atoms with Gasteiger partial charge in [0, 0.05) is 41.5 Å². The molecule has 2 heterocycles. The number of carbonyl (C=O) groups excluding carboxylic acids is 1. The van der Waals surface area contributed by atoms with Crippen LogP contribution in [-0.2, 0) is 9.53 Å². The van der Waals surface area contributed by atoms with Gasteiger partial charge in [-0.05, 0) is 58.4 Å². The maximum Gasteiger partial charge on any atom is 0.338 e. The topological polar surface area (TPSA) is 107 Å². The summed E-state index contributed by atoms with van der Waals surface area (Å²) in [5, 5.41) is 11.9. The van der Waals surface area contributed by atoms with Crippen molar-refractivity contribution in [2.45, 2.75) is 46.8 Å². The van der Waals surface area contributed by atoms with Gasteiger partial charge >= 0.3 is 5.97 Å². The normalized spacial score (nSPS) is 15.3. The molecule has 204 valence electrons. The molecule has 1 atom stereocenters. The first kappa shape index (κ1) is 28.3. The van der Waals surface area contributed by atoms with E-state index in [1.54, 1.807) is 57.2 Å². The van der Waals surface area contributed by atoms with Gasteiger partial charge in [-0.2, -0.15) is 0 Å². The zero-order valence-corrected chi connectivity index (χ0v) is 23.9. The van der Waals surface area contributed by atoms with Crippen molar-refractivity contribution in [3.63, 3.8) is 0 Å². The summed E-state index contributed by atoms with van der Waals surface area (Å²) in [5.74, 6) is -0.576. The van der Waals surface area contributed by atoms with Crippen molar-refractivity contribution in [3.8, 4) is 0 Å². The second-order valence-corrected chi connectivity index (χ2v) is 10.6. The van der Waals surface area contributed by atoms with E-state index in [9.17, 15) is 19.7 Å². The smallest absolute Gasteiger partial charge is 0.338 e. The molecule has 0 amide bonds. The zero-order valence-electron chi connectivity index (χ0n) is 22.3. The lowest BCUT2D eigenvalue weighted by Gasteiger charge is -2.26. The number of benzene rings is 2. The number of aromatic nitrogens is 1. The molecule has 1 unspecified atom stereocenters. The van der Waals surface area contributed by atoms with Crippen LogP contribution in [0.3, 0.4) is 0 Å². The number of nitro groups is 1. The van der Waals surface area contributed by atoms with Crippen molar-refractivity contribution in [3.05, 3.63) is 99.7 Å². The average Bonchev–Trinajstić information content (AvgIpc) is 3.18. The highest BCUT2D eigenvalue weighted by atomic mass is 35.5. The second-order valence-electron chi connectivity index (χ2n) is 9.23. The van der Waals surface area contributed by atoms with Crippen LogP contribution >= 0.6 is 22.9 Å². The van der Waals surface area contributed by atoms with Crippen LogP contribution in [0.5, 0.6) is 0 Å². The van der Waals surface area contributed by atoms with E-state index in [0.29, 0.717) is 44.3 Å². The van der Waals surface area contributed by atoms with E-state index >= 15 is 0 Å². The summed E-state index contributed by atoms with van der Waals surface area (Å²) in [4.78, 5) is 45.3. The summed E-state index contributed by atoms with van der Waals surface area (Å²) >= 11 is 7.73. The SMILES string of the molecule is CCN(CC)c1ccc([N+](=O)[O-])cc1C=c1sc2n(c1=O)C(c1ccccc1Cl)C(C(=O)OC(C)C)=C(C)N=2. The Morgan fingerprint density at radius 2 is 1.95 bits per heavy atom. The molecule has 1 aliphatic heterocycles. The van der Waals surface area contributed by atoms with E-state index in [4.69, 9.17) is 16.3 Å². The molecule has 0 N–H and O–H groups in total. The van der Waals surface area contributed by atoms with Gasteiger partial charge in [0.15, 0.2) is 4.80 Å². The minimum absolute atomic E-state index is 0.0755. The van der Waals surface area contributed by atoms with Gasteiger partial charge < -0.3 is 9.64 Å². The van der Waals surface area contributed by atoms with Crippen molar-refractivity contribution >= 4 is 46.4 Å². The number of hydrogen-bond donors (Lipinski definition) is 0. The Bertz CT molecular complexity index is 1650. The van der Waals surface area contributed by atoms with E-state index in [2.05, 4.69) is 9.89 Å². The van der Waals surface area contributed by atoms with Crippen molar-refractivity contribution in [1.82, 2.24) is 4.57 Å². The van der Waals surface area contributed by atoms with Gasteiger partial charge in [-0.15, -0.1) is 0 Å². The number of ether oxygens (including phenoxy) is 1. The minimum atomic E-state index is -0.851. The van der Waals surface area contributed by atoms with E-state index < -0.39 is 16.9 Å². The van der Waals surface area contributed by atoms with Gasteiger partial charge in [0.05, 0.1) is 26.8 Å². The van der Waals surface area contributed by atoms with Crippen LogP contribution < -0.4 is 19.8 Å². The Kier molecular flexibility index (Phi) is 8.36. The van der Waals surface area contributed by atoms with Gasteiger partial charge in [0.2, 0.25) is 0 Å². The summed E-state index contributed by atoms with van der Waals surface area (Å²) < 4.78 is 7.30. The van der Waals surface area contributed by atoms with E-state index in [1.165, 1.54) is 16.7 Å². The molecule has 0 bridgehead atoms. The average molecular weight is 569 g/mol. The highest BCUT2D eigenvalue weighted by Gasteiger charge is 2.34. The maximum atomic E-state index is 14.0. The van der Waals surface area contributed by atoms with Gasteiger partial charge in [-0.25, -0.2) is 9.79 Å². The van der Waals surface area contributed by atoms with Crippen LogP contribution in [0.1, 0.15) is 51.8 Å². The molecule has 1 aromatic heterocycles. The van der Waals surface area contributed by atoms with E-state index in [-0.39, 0.29) is 22.9 Å². The third kappa shape index (κ3) is 5.53. The number of fused-ring (bicyclic) bond motifs is 1. The van der Waals surface area contributed by atoms with E-state index in [0.717, 1.165) is 17.0 Å². The standard InChI is InChI=1S/C28H29ClN4O5S/c1-6-31(7-2)22-13-12-19(33(36)37)14-18(22)15-23-26(34)32-25(20-10-8-9-11-21(20)29)24(27(35)38-16(3)4)17(5)30-28(32)39-23/h8-16,25H,6-7H2,1-5H3. The quantitative estimate of drug-likeness (QED) is 0.223. The molecule has 0 saturated carbocycles. The number of hydrogen-bond acceptors (Lipinski definition) is 8. The molecule has 0 saturated heterocycles. The second kappa shape index (κ2) is 11.5. The molecule has 0 aliphatic carbocycles. The first-order valence-electron chi connectivity index (χ1n) is 12.6. The van der Waals surface area contributed by atoms with Gasteiger partial charge in [0.1, 0.15) is 6.04 Å². The number of halogens is 1. The molecule has 39 heavy (non-hydrogen) atoms. The minimum Gasteiger partial charge on any atom is -0.459 e. The number of carbonyl (C=O) groups is 1. The number of non-ortho nitro benzene ring substituents is 1. The van der Waals surface area contributed by atoms with Crippen molar-refractivity contribution < 1.29 is 14.5 Å². The van der Waals surface area contributed by atoms with Gasteiger partial charge in [-0.3, -0.25) is 19.5 Å². The molecular weight excluding hydrogens is 540 g/mol. The maximum absolute atomic E-state index is 14.0. The lowest BCUT2D eigenvalue weighted by atomic mass is 9.96. The number of rotatable bonds is 8. The highest BCUT2D eigenvalue weighted by Crippen LogP contribution is 2.34. The van der Waals surface area contributed by atoms with Crippen LogP contribution in [0.4, 0.5) is 11.4 Å². The van der Waals surface area contributed by atoms with Gasteiger partial charge in [-0.1, -0.05) is 41.1 Å². The zero-order chi connectivity index (χ0) is 28.4. The number of esters is 1. The number of thiazole rings is 1. The first-order chi connectivity index (χ1) is 18.6. The summed E-state index contributed by atoms with van der Waals surface area (Å²) in [6, 6.07) is 10.8. The lowest BCUT2D eigenvalue weighted by molar-refractivity contribution is -0.384. The first-order valence-corrected chi connectivity index (χ1v) is 13.8. The number of nitrogens with zero attached hydrogens (tertiary/aromatic N) is 4. The van der Waals surface area contributed by atoms with Crippen LogP contribution in [0.25, 0.3) is 6.08 Å². The summed E-state index contributed by atoms with van der Waals surface area (Å²) in [7, 11) is 0. The fourth-order valence-electron chi connectivity index (χ4n) is 4.62. The lowest BCUT2D eigenvalue weighted by Crippen LogP contribution is -2.40. The monoisotopic (exact) mass is 568 g/mol. The Morgan fingerprint density at radius 1 is 1.26 bits per heavy atom. The predicted octanol–water partition coefficient (Wildman–Crippen LogP) is 4.59. The van der Waals surface area contributed by atoms with Gasteiger partial charge in [0.25, 0.3) is 11.2 Å². The molecule has 9 nitrogen and oxygen atoms in total. The number of allylic oxidation sites excluding steroid dienone is 1. The molecule has 3 aromatic rings. The molecule has 1 aliphatic rings. The molecule has 11 heteroatoms. The fourth-order valence-corrected chi connectivity index (χ4v) is 5.89. The Balaban J connectivity index is 2.00. The Hall–Kier alpha value is -3.76. The summed E-state index contributed by atoms with van der Waals surface area (Å²) in [5.41, 5.74) is 2.08. The van der Waals surface area contributed by atoms with E-state index in [1.807, 2.05) is 13.8 Å². The van der Waals surface area contributed by atoms with Crippen LogP contribution in [0, 0.1) is 10.1 Å². The fraction of sp³-hybridized carbons (Fsp3) is 0.321. The molecule has 0 fully saturated rings. The molecule has 0 radical (unpaired) electrons. The Labute approximate surface area is 234 Å². The largest absolute Gasteiger partial charge is 0.459 e. The van der Waals surface area contributed by atoms with Crippen molar-refractivity contribution in [2.75, 3.05) is 18.0 Å². The van der Waals surface area contributed by atoms with Crippen LogP contribution in [0.15, 0.2) is 63.5 Å².